The maximum atomic E-state index is 10.2. The summed E-state index contributed by atoms with van der Waals surface area (Å²) in [7, 11) is 0. The Morgan fingerprint density at radius 2 is 1.53 bits per heavy atom. The smallest absolute Gasteiger partial charge is 0.335 e. The number of carboxylic acid groups (broad SMARTS) is 2. The van der Waals surface area contributed by atoms with Gasteiger partial charge in [0, 0.05) is 0 Å². The molecule has 4 heteroatoms. The zero-order valence-corrected chi connectivity index (χ0v) is 10.1. The topological polar surface area (TPSA) is 74.6 Å². The van der Waals surface area contributed by atoms with E-state index in [1.807, 2.05) is 13.8 Å². The highest BCUT2D eigenvalue weighted by Crippen LogP contribution is 2.05. The molecule has 4 nitrogen and oxygen atoms in total. The molecule has 1 rings (SSSR count). The van der Waals surface area contributed by atoms with E-state index in [2.05, 4.69) is 0 Å². The van der Waals surface area contributed by atoms with Crippen molar-refractivity contribution < 1.29 is 19.8 Å². The van der Waals surface area contributed by atoms with Gasteiger partial charge in [0.1, 0.15) is 0 Å². The van der Waals surface area contributed by atoms with Gasteiger partial charge in [-0.3, -0.25) is 4.79 Å². The molecule has 0 aromatic heterocycles. The van der Waals surface area contributed by atoms with Crippen molar-refractivity contribution >= 4 is 11.9 Å². The number of rotatable bonds is 4. The second-order valence-electron chi connectivity index (χ2n) is 3.52. The Hall–Kier alpha value is -1.84. The maximum absolute atomic E-state index is 10.2. The van der Waals surface area contributed by atoms with E-state index >= 15 is 0 Å². The van der Waals surface area contributed by atoms with E-state index in [0.29, 0.717) is 5.56 Å². The summed E-state index contributed by atoms with van der Waals surface area (Å²) in [6, 6.07) is 8.30. The lowest BCUT2D eigenvalue weighted by atomic mass is 10.1. The molecule has 0 heterocycles. The molecule has 1 aromatic rings. The molecular formula is C13H18O4. The van der Waals surface area contributed by atoms with Gasteiger partial charge in [0.2, 0.25) is 0 Å². The normalized spacial score (nSPS) is 9.35. The fourth-order valence-electron chi connectivity index (χ4n) is 1.22. The lowest BCUT2D eigenvalue weighted by Crippen LogP contribution is -2.10. The highest BCUT2D eigenvalue weighted by molar-refractivity contribution is 5.87. The molecule has 1 aromatic carbocycles. The first-order chi connectivity index (χ1) is 8.02. The van der Waals surface area contributed by atoms with Crippen molar-refractivity contribution in [1.82, 2.24) is 0 Å². The Morgan fingerprint density at radius 3 is 1.71 bits per heavy atom. The van der Waals surface area contributed by atoms with Crippen LogP contribution in [0.15, 0.2) is 30.3 Å². The Balaban J connectivity index is 0.000000304. The third kappa shape index (κ3) is 6.35. The Labute approximate surface area is 101 Å². The Bertz CT molecular complexity index is 342. The molecular weight excluding hydrogens is 220 g/mol. The standard InChI is InChI=1S/C7H6O2.C6H12O2/c8-7(9)6-4-2-1-3-5-6;1-3-5(4-2)6(7)8/h1-5H,(H,8,9);5H,3-4H2,1-2H3,(H,7,8). The van der Waals surface area contributed by atoms with Crippen LogP contribution in [0.1, 0.15) is 37.0 Å². The average Bonchev–Trinajstić information content (AvgIpc) is 2.32. The van der Waals surface area contributed by atoms with Crippen LogP contribution in [-0.2, 0) is 4.79 Å². The number of hydrogen-bond donors (Lipinski definition) is 2. The average molecular weight is 238 g/mol. The first-order valence-corrected chi connectivity index (χ1v) is 5.54. The summed E-state index contributed by atoms with van der Waals surface area (Å²) in [6.07, 6.45) is 1.48. The van der Waals surface area contributed by atoms with Crippen molar-refractivity contribution in [3.8, 4) is 0 Å². The molecule has 0 aliphatic rings. The largest absolute Gasteiger partial charge is 0.481 e. The summed E-state index contributed by atoms with van der Waals surface area (Å²) in [5.74, 6) is -1.68. The molecule has 0 bridgehead atoms. The summed E-state index contributed by atoms with van der Waals surface area (Å²) in [6.45, 7) is 3.78. The fourth-order valence-corrected chi connectivity index (χ4v) is 1.22. The van der Waals surface area contributed by atoms with E-state index in [-0.39, 0.29) is 5.92 Å². The van der Waals surface area contributed by atoms with Gasteiger partial charge in [-0.1, -0.05) is 32.0 Å². The van der Waals surface area contributed by atoms with Crippen LogP contribution < -0.4 is 0 Å². The number of aliphatic carboxylic acids is 1. The predicted octanol–water partition coefficient (Wildman–Crippen LogP) is 2.89. The molecule has 0 unspecified atom stereocenters. The molecule has 0 amide bonds. The van der Waals surface area contributed by atoms with Crippen molar-refractivity contribution in [2.75, 3.05) is 0 Å². The van der Waals surface area contributed by atoms with Crippen LogP contribution in [0.3, 0.4) is 0 Å². The van der Waals surface area contributed by atoms with Gasteiger partial charge < -0.3 is 10.2 Å². The molecule has 2 N–H and O–H groups in total. The molecule has 17 heavy (non-hydrogen) atoms. The van der Waals surface area contributed by atoms with Gasteiger partial charge in [-0.15, -0.1) is 0 Å². The van der Waals surface area contributed by atoms with E-state index in [4.69, 9.17) is 10.2 Å². The molecule has 0 saturated carbocycles. The summed E-state index contributed by atoms with van der Waals surface area (Å²) in [5.41, 5.74) is 0.331. The Morgan fingerprint density at radius 1 is 1.06 bits per heavy atom. The SMILES string of the molecule is CCC(CC)C(=O)O.O=C(O)c1ccccc1. The number of hydrogen-bond acceptors (Lipinski definition) is 2. The predicted molar refractivity (Wildman–Crippen MR) is 65.1 cm³/mol. The van der Waals surface area contributed by atoms with Gasteiger partial charge in [-0.05, 0) is 25.0 Å². The lowest BCUT2D eigenvalue weighted by Gasteiger charge is -2.02. The van der Waals surface area contributed by atoms with E-state index in [1.54, 1.807) is 30.3 Å². The summed E-state index contributed by atoms with van der Waals surface area (Å²) < 4.78 is 0. The molecule has 0 radical (unpaired) electrons. The van der Waals surface area contributed by atoms with Gasteiger partial charge in [0.25, 0.3) is 0 Å². The van der Waals surface area contributed by atoms with Crippen LogP contribution in [0, 0.1) is 5.92 Å². The summed E-state index contributed by atoms with van der Waals surface area (Å²) in [5, 5.41) is 16.8. The van der Waals surface area contributed by atoms with Crippen molar-refractivity contribution in [2.45, 2.75) is 26.7 Å². The second kappa shape index (κ2) is 8.33. The first kappa shape index (κ1) is 15.2. The van der Waals surface area contributed by atoms with Crippen molar-refractivity contribution in [1.29, 1.82) is 0 Å². The second-order valence-corrected chi connectivity index (χ2v) is 3.52. The van der Waals surface area contributed by atoms with E-state index in [0.717, 1.165) is 12.8 Å². The van der Waals surface area contributed by atoms with Crippen molar-refractivity contribution in [2.24, 2.45) is 5.92 Å². The zero-order chi connectivity index (χ0) is 13.3. The molecule has 0 fully saturated rings. The molecule has 0 aliphatic carbocycles. The van der Waals surface area contributed by atoms with Gasteiger partial charge >= 0.3 is 11.9 Å². The summed E-state index contributed by atoms with van der Waals surface area (Å²) >= 11 is 0. The van der Waals surface area contributed by atoms with Crippen LogP contribution in [0.5, 0.6) is 0 Å². The monoisotopic (exact) mass is 238 g/mol. The van der Waals surface area contributed by atoms with Crippen molar-refractivity contribution in [3.63, 3.8) is 0 Å². The number of carbonyl (C=O) groups is 2. The minimum absolute atomic E-state index is 0.130. The van der Waals surface area contributed by atoms with Crippen molar-refractivity contribution in [3.05, 3.63) is 35.9 Å². The zero-order valence-electron chi connectivity index (χ0n) is 10.1. The van der Waals surface area contributed by atoms with E-state index in [9.17, 15) is 9.59 Å². The molecule has 0 spiro atoms. The summed E-state index contributed by atoms with van der Waals surface area (Å²) in [4.78, 5) is 20.4. The van der Waals surface area contributed by atoms with E-state index < -0.39 is 11.9 Å². The van der Waals surface area contributed by atoms with Gasteiger partial charge in [-0.2, -0.15) is 0 Å². The molecule has 0 aliphatic heterocycles. The highest BCUT2D eigenvalue weighted by atomic mass is 16.4. The highest BCUT2D eigenvalue weighted by Gasteiger charge is 2.10. The van der Waals surface area contributed by atoms with Crippen LogP contribution in [-0.4, -0.2) is 22.2 Å². The molecule has 0 atom stereocenters. The van der Waals surface area contributed by atoms with Crippen LogP contribution >= 0.6 is 0 Å². The molecule has 94 valence electrons. The quantitative estimate of drug-likeness (QED) is 0.845. The Kier molecular flexibility index (Phi) is 7.43. The van der Waals surface area contributed by atoms with Crippen LogP contribution in [0.2, 0.25) is 0 Å². The van der Waals surface area contributed by atoms with Gasteiger partial charge in [0.05, 0.1) is 11.5 Å². The third-order valence-electron chi connectivity index (χ3n) is 2.36. The van der Waals surface area contributed by atoms with Gasteiger partial charge in [-0.25, -0.2) is 4.79 Å². The maximum Gasteiger partial charge on any atom is 0.335 e. The van der Waals surface area contributed by atoms with Gasteiger partial charge in [0.15, 0.2) is 0 Å². The minimum Gasteiger partial charge on any atom is -0.481 e. The number of carboxylic acids is 2. The number of aromatic carboxylic acids is 1. The number of benzene rings is 1. The third-order valence-corrected chi connectivity index (χ3v) is 2.36. The van der Waals surface area contributed by atoms with E-state index in [1.165, 1.54) is 0 Å². The molecule has 0 saturated heterocycles. The van der Waals surface area contributed by atoms with Crippen LogP contribution in [0.4, 0.5) is 0 Å². The van der Waals surface area contributed by atoms with Crippen LogP contribution in [0.25, 0.3) is 0 Å². The fraction of sp³-hybridized carbons (Fsp3) is 0.385. The minimum atomic E-state index is -0.879. The lowest BCUT2D eigenvalue weighted by molar-refractivity contribution is -0.141. The first-order valence-electron chi connectivity index (χ1n) is 5.54.